The van der Waals surface area contributed by atoms with Crippen LogP contribution in [0.4, 0.5) is 13.2 Å². The van der Waals surface area contributed by atoms with Crippen LogP contribution >= 0.6 is 22.6 Å². The summed E-state index contributed by atoms with van der Waals surface area (Å²) in [5.74, 6) is 0. The van der Waals surface area contributed by atoms with Crippen LogP contribution in [0.1, 0.15) is 6.92 Å². The van der Waals surface area contributed by atoms with E-state index in [4.69, 9.17) is 0 Å². The SMILES string of the molecule is C/C(I)=C\C(F)(F)F. The van der Waals surface area contributed by atoms with E-state index in [1.807, 2.05) is 0 Å². The maximum absolute atomic E-state index is 11.2. The minimum absolute atomic E-state index is 0.245. The second-order valence-electron chi connectivity index (χ2n) is 1.27. The highest BCUT2D eigenvalue weighted by Crippen LogP contribution is 2.20. The Hall–Kier alpha value is 0.260. The van der Waals surface area contributed by atoms with Gasteiger partial charge in [0.2, 0.25) is 0 Å². The highest BCUT2D eigenvalue weighted by atomic mass is 127. The van der Waals surface area contributed by atoms with Crippen LogP contribution in [0.25, 0.3) is 0 Å². The lowest BCUT2D eigenvalue weighted by atomic mass is 10.5. The summed E-state index contributed by atoms with van der Waals surface area (Å²) in [6.45, 7) is 1.40. The third-order valence-corrected chi connectivity index (χ3v) is 0.674. The molecule has 0 nitrogen and oxygen atoms in total. The Kier molecular flexibility index (Phi) is 2.79. The van der Waals surface area contributed by atoms with Gasteiger partial charge in [0.05, 0.1) is 0 Å². The van der Waals surface area contributed by atoms with Crippen molar-refractivity contribution in [3.8, 4) is 0 Å². The highest BCUT2D eigenvalue weighted by Gasteiger charge is 2.22. The van der Waals surface area contributed by atoms with Crippen LogP contribution in [-0.4, -0.2) is 6.18 Å². The predicted octanol–water partition coefficient (Wildman–Crippen LogP) is 2.89. The fourth-order valence-electron chi connectivity index (χ4n) is 0.226. The van der Waals surface area contributed by atoms with E-state index < -0.39 is 6.18 Å². The monoisotopic (exact) mass is 236 g/mol. The van der Waals surface area contributed by atoms with Crippen molar-refractivity contribution in [3.63, 3.8) is 0 Å². The van der Waals surface area contributed by atoms with E-state index in [1.165, 1.54) is 6.92 Å². The molecule has 0 spiro atoms. The summed E-state index contributed by atoms with van der Waals surface area (Å²) >= 11 is 1.61. The summed E-state index contributed by atoms with van der Waals surface area (Å²) in [7, 11) is 0. The Bertz CT molecular complexity index is 98.3. The first-order valence-corrected chi connectivity index (χ1v) is 2.91. The Morgan fingerprint density at radius 3 is 1.88 bits per heavy atom. The van der Waals surface area contributed by atoms with Crippen molar-refractivity contribution in [2.45, 2.75) is 13.1 Å². The molecule has 4 heteroatoms. The van der Waals surface area contributed by atoms with E-state index in [0.29, 0.717) is 0 Å². The molecule has 0 fully saturated rings. The molecule has 0 aliphatic rings. The van der Waals surface area contributed by atoms with Gasteiger partial charge in [-0.1, -0.05) is 0 Å². The summed E-state index contributed by atoms with van der Waals surface area (Å²) in [5.41, 5.74) is 0. The van der Waals surface area contributed by atoms with Gasteiger partial charge in [0.1, 0.15) is 0 Å². The molecule has 8 heavy (non-hydrogen) atoms. The van der Waals surface area contributed by atoms with E-state index in [2.05, 4.69) is 0 Å². The maximum atomic E-state index is 11.2. The first-order chi connectivity index (χ1) is 3.42. The van der Waals surface area contributed by atoms with E-state index in [-0.39, 0.29) is 9.66 Å². The van der Waals surface area contributed by atoms with E-state index in [0.717, 1.165) is 0 Å². The molecule has 0 saturated carbocycles. The molecule has 0 aromatic heterocycles. The van der Waals surface area contributed by atoms with Crippen molar-refractivity contribution in [1.82, 2.24) is 0 Å². The molecule has 0 amide bonds. The molecule has 0 aromatic rings. The molecule has 0 aliphatic heterocycles. The Morgan fingerprint density at radius 1 is 1.50 bits per heavy atom. The quantitative estimate of drug-likeness (QED) is 0.567. The van der Waals surface area contributed by atoms with Crippen molar-refractivity contribution in [2.75, 3.05) is 0 Å². The summed E-state index contributed by atoms with van der Waals surface area (Å²) in [5, 5.41) is 0. The van der Waals surface area contributed by atoms with Crippen LogP contribution < -0.4 is 0 Å². The number of hydrogen-bond acceptors (Lipinski definition) is 0. The number of halogens is 4. The second-order valence-corrected chi connectivity index (χ2v) is 2.97. The normalized spacial score (nSPS) is 14.4. The zero-order valence-electron chi connectivity index (χ0n) is 4.09. The van der Waals surface area contributed by atoms with Gasteiger partial charge in [-0.25, -0.2) is 0 Å². The Labute approximate surface area is 58.9 Å². The molecule has 0 rings (SSSR count). The van der Waals surface area contributed by atoms with Crippen molar-refractivity contribution in [2.24, 2.45) is 0 Å². The first kappa shape index (κ1) is 8.26. The number of allylic oxidation sites excluding steroid dienone is 2. The van der Waals surface area contributed by atoms with Crippen molar-refractivity contribution in [3.05, 3.63) is 9.66 Å². The Morgan fingerprint density at radius 2 is 1.88 bits per heavy atom. The van der Waals surface area contributed by atoms with Crippen molar-refractivity contribution in [1.29, 1.82) is 0 Å². The fourth-order valence-corrected chi connectivity index (χ4v) is 0.579. The summed E-state index contributed by atoms with van der Waals surface area (Å²) in [6, 6.07) is 0. The predicted molar refractivity (Wildman–Crippen MR) is 33.8 cm³/mol. The maximum Gasteiger partial charge on any atom is 0.410 e. The van der Waals surface area contributed by atoms with Gasteiger partial charge in [-0.3, -0.25) is 0 Å². The average Bonchev–Trinajstić information content (AvgIpc) is 1.21. The van der Waals surface area contributed by atoms with Crippen LogP contribution in [0.3, 0.4) is 0 Å². The molecule has 0 aliphatic carbocycles. The van der Waals surface area contributed by atoms with Gasteiger partial charge in [0, 0.05) is 6.08 Å². The Balaban J connectivity index is 3.89. The van der Waals surface area contributed by atoms with Crippen molar-refractivity contribution < 1.29 is 13.2 Å². The van der Waals surface area contributed by atoms with Gasteiger partial charge in [-0.2, -0.15) is 13.2 Å². The van der Waals surface area contributed by atoms with Crippen LogP contribution in [0.15, 0.2) is 9.66 Å². The molecular weight excluding hydrogens is 232 g/mol. The first-order valence-electron chi connectivity index (χ1n) is 1.83. The standard InChI is InChI=1S/C4H4F3I/c1-3(8)2-4(5,6)7/h2H,1H3/b3-2+. The van der Waals surface area contributed by atoms with Crippen LogP contribution in [0.2, 0.25) is 0 Å². The lowest BCUT2D eigenvalue weighted by Gasteiger charge is -1.96. The summed E-state index contributed by atoms with van der Waals surface area (Å²) < 4.78 is 33.9. The molecule has 0 radical (unpaired) electrons. The van der Waals surface area contributed by atoms with E-state index >= 15 is 0 Å². The van der Waals surface area contributed by atoms with E-state index in [9.17, 15) is 13.2 Å². The molecule has 0 atom stereocenters. The molecule has 0 heterocycles. The molecule has 0 N–H and O–H groups in total. The van der Waals surface area contributed by atoms with Crippen LogP contribution in [0, 0.1) is 0 Å². The van der Waals surface area contributed by atoms with Crippen LogP contribution in [0.5, 0.6) is 0 Å². The number of rotatable bonds is 0. The highest BCUT2D eigenvalue weighted by molar-refractivity contribution is 14.1. The summed E-state index contributed by atoms with van der Waals surface area (Å²) in [4.78, 5) is 0. The van der Waals surface area contributed by atoms with Gasteiger partial charge >= 0.3 is 6.18 Å². The average molecular weight is 236 g/mol. The third kappa shape index (κ3) is 6.26. The number of alkyl halides is 3. The van der Waals surface area contributed by atoms with E-state index in [1.54, 1.807) is 22.6 Å². The second kappa shape index (κ2) is 2.70. The third-order valence-electron chi connectivity index (χ3n) is 0.363. The summed E-state index contributed by atoms with van der Waals surface area (Å²) in [6.07, 6.45) is -3.89. The van der Waals surface area contributed by atoms with Gasteiger partial charge in [0.25, 0.3) is 0 Å². The smallest absolute Gasteiger partial charge is 0.167 e. The fraction of sp³-hybridized carbons (Fsp3) is 0.500. The van der Waals surface area contributed by atoms with Gasteiger partial charge in [-0.15, -0.1) is 0 Å². The lowest BCUT2D eigenvalue weighted by molar-refractivity contribution is -0.0800. The number of hydrogen-bond donors (Lipinski definition) is 0. The molecular formula is C4H4F3I. The topological polar surface area (TPSA) is 0 Å². The van der Waals surface area contributed by atoms with Gasteiger partial charge in [-0.05, 0) is 33.1 Å². The minimum Gasteiger partial charge on any atom is -0.167 e. The van der Waals surface area contributed by atoms with Gasteiger partial charge < -0.3 is 0 Å². The zero-order valence-corrected chi connectivity index (χ0v) is 6.25. The lowest BCUT2D eigenvalue weighted by Crippen LogP contribution is -2.00. The van der Waals surface area contributed by atoms with Crippen LogP contribution in [-0.2, 0) is 0 Å². The minimum atomic E-state index is -4.15. The largest absolute Gasteiger partial charge is 0.410 e. The molecule has 48 valence electrons. The zero-order chi connectivity index (χ0) is 6.78. The molecule has 0 saturated heterocycles. The molecule has 0 bridgehead atoms. The van der Waals surface area contributed by atoms with Crippen molar-refractivity contribution >= 4 is 22.6 Å². The van der Waals surface area contributed by atoms with Gasteiger partial charge in [0.15, 0.2) is 0 Å². The molecule has 0 aromatic carbocycles. The molecule has 0 unspecified atom stereocenters.